The molecule has 15 heteroatoms. The van der Waals surface area contributed by atoms with Crippen LogP contribution in [-0.2, 0) is 26.9 Å². The van der Waals surface area contributed by atoms with Gasteiger partial charge in [-0.05, 0) is 98.3 Å². The molecule has 1 amide bonds. The van der Waals surface area contributed by atoms with Crippen LogP contribution in [0.5, 0.6) is 5.75 Å². The lowest BCUT2D eigenvalue weighted by Crippen LogP contribution is -2.49. The molecule has 2 heterocycles. The van der Waals surface area contributed by atoms with Gasteiger partial charge in [-0.15, -0.1) is 0 Å². The molecule has 0 aliphatic carbocycles. The molecule has 54 heavy (non-hydrogen) atoms. The summed E-state index contributed by atoms with van der Waals surface area (Å²) in [5.41, 5.74) is -1.27. The standard InChI is InChI=1S/C39H38BrF6N3O5/c1-5-54-34(52)16-31(28-13-24(12-21(3)36(28)43)35-22(4)20(2)6-9-32(35)50)47-38(53)37(27-14-25(40)7-8-30(27)42)49-17-23(10-11-48-18-26(41)19-48)29(15-33(49)51)39(44,45)46/h6-9,12-15,17,26,31,37,50H,5,10-11,16,18-19H2,1-4H3,(H,47,53)/t31-,37?/m0/s1. The number of aromatic hydroxyl groups is 1. The molecule has 5 rings (SSSR count). The first-order valence-corrected chi connectivity index (χ1v) is 17.9. The highest BCUT2D eigenvalue weighted by atomic mass is 79.9. The number of carbonyl (C=O) groups is 2. The number of carbonyl (C=O) groups excluding carboxylic acids is 2. The number of aromatic nitrogens is 1. The van der Waals surface area contributed by atoms with E-state index in [0.29, 0.717) is 27.3 Å². The number of pyridine rings is 1. The van der Waals surface area contributed by atoms with Gasteiger partial charge in [0.05, 0.1) is 24.6 Å². The van der Waals surface area contributed by atoms with Gasteiger partial charge in [-0.3, -0.25) is 23.9 Å². The van der Waals surface area contributed by atoms with Gasteiger partial charge in [0.1, 0.15) is 29.6 Å². The Kier molecular flexibility index (Phi) is 12.3. The Hall–Kier alpha value is -4.63. The summed E-state index contributed by atoms with van der Waals surface area (Å²) in [5, 5.41) is 13.4. The lowest BCUT2D eigenvalue weighted by Gasteiger charge is -2.34. The molecule has 1 fully saturated rings. The maximum Gasteiger partial charge on any atom is 0.416 e. The van der Waals surface area contributed by atoms with Crippen LogP contribution in [0, 0.1) is 32.4 Å². The van der Waals surface area contributed by atoms with Crippen LogP contribution in [0.4, 0.5) is 26.3 Å². The maximum atomic E-state index is 16.1. The Labute approximate surface area is 315 Å². The van der Waals surface area contributed by atoms with E-state index in [4.69, 9.17) is 4.74 Å². The van der Waals surface area contributed by atoms with Gasteiger partial charge in [-0.1, -0.05) is 22.0 Å². The van der Waals surface area contributed by atoms with Crippen molar-refractivity contribution in [3.05, 3.63) is 120 Å². The highest BCUT2D eigenvalue weighted by Crippen LogP contribution is 2.38. The Morgan fingerprint density at radius 1 is 1.02 bits per heavy atom. The van der Waals surface area contributed by atoms with Crippen molar-refractivity contribution in [1.82, 2.24) is 14.8 Å². The van der Waals surface area contributed by atoms with Crippen molar-refractivity contribution in [2.24, 2.45) is 0 Å². The number of nitrogens with zero attached hydrogens (tertiary/aromatic N) is 2. The average Bonchev–Trinajstić information content (AvgIpc) is 3.08. The summed E-state index contributed by atoms with van der Waals surface area (Å²) in [6.07, 6.45) is -6.18. The molecule has 0 radical (unpaired) electrons. The van der Waals surface area contributed by atoms with Crippen molar-refractivity contribution in [3.63, 3.8) is 0 Å². The van der Waals surface area contributed by atoms with Crippen molar-refractivity contribution in [1.29, 1.82) is 0 Å². The van der Waals surface area contributed by atoms with Crippen molar-refractivity contribution in [3.8, 4) is 16.9 Å². The minimum Gasteiger partial charge on any atom is -0.507 e. The highest BCUT2D eigenvalue weighted by Gasteiger charge is 2.37. The number of likely N-dealkylation sites (tertiary alicyclic amines) is 1. The zero-order valence-electron chi connectivity index (χ0n) is 29.8. The van der Waals surface area contributed by atoms with Gasteiger partial charge in [0.25, 0.3) is 5.56 Å². The lowest BCUT2D eigenvalue weighted by molar-refractivity contribution is -0.144. The monoisotopic (exact) mass is 821 g/mol. The number of halogens is 7. The Balaban J connectivity index is 1.66. The van der Waals surface area contributed by atoms with Crippen molar-refractivity contribution >= 4 is 27.8 Å². The van der Waals surface area contributed by atoms with Gasteiger partial charge in [-0.25, -0.2) is 13.2 Å². The van der Waals surface area contributed by atoms with Crippen molar-refractivity contribution < 1.29 is 45.8 Å². The van der Waals surface area contributed by atoms with E-state index in [1.54, 1.807) is 24.8 Å². The number of rotatable bonds is 12. The molecule has 1 unspecified atom stereocenters. The topological polar surface area (TPSA) is 101 Å². The number of phenolic OH excluding ortho intramolecular Hbond substituents is 1. The van der Waals surface area contributed by atoms with E-state index in [-0.39, 0.29) is 54.0 Å². The Morgan fingerprint density at radius 2 is 1.72 bits per heavy atom. The molecule has 8 nitrogen and oxygen atoms in total. The van der Waals surface area contributed by atoms with Crippen LogP contribution < -0.4 is 10.9 Å². The number of phenols is 1. The maximum absolute atomic E-state index is 16.1. The first-order valence-electron chi connectivity index (χ1n) is 17.1. The van der Waals surface area contributed by atoms with E-state index in [1.807, 2.05) is 6.92 Å². The summed E-state index contributed by atoms with van der Waals surface area (Å²) in [4.78, 5) is 42.6. The van der Waals surface area contributed by atoms with Crippen LogP contribution in [0.1, 0.15) is 64.4 Å². The third-order valence-electron chi connectivity index (χ3n) is 9.51. The van der Waals surface area contributed by atoms with Crippen molar-refractivity contribution in [2.75, 3.05) is 26.2 Å². The summed E-state index contributed by atoms with van der Waals surface area (Å²) in [7, 11) is 0. The smallest absolute Gasteiger partial charge is 0.416 e. The zero-order valence-corrected chi connectivity index (χ0v) is 31.4. The largest absolute Gasteiger partial charge is 0.507 e. The fourth-order valence-corrected chi connectivity index (χ4v) is 6.98. The van der Waals surface area contributed by atoms with Crippen LogP contribution in [0.2, 0.25) is 0 Å². The molecule has 1 aromatic heterocycles. The summed E-state index contributed by atoms with van der Waals surface area (Å²) >= 11 is 3.22. The fourth-order valence-electron chi connectivity index (χ4n) is 6.60. The third-order valence-corrected chi connectivity index (χ3v) is 10.0. The van der Waals surface area contributed by atoms with Crippen molar-refractivity contribution in [2.45, 2.75) is 65.0 Å². The van der Waals surface area contributed by atoms with Gasteiger partial charge in [-0.2, -0.15) is 13.2 Å². The first-order chi connectivity index (χ1) is 25.4. The SMILES string of the molecule is CCOC(=O)C[C@H](NC(=O)C(c1cc(Br)ccc1F)n1cc(CCN2CC(F)C2)c(C(F)(F)F)cc1=O)c1cc(-c2c(O)ccc(C)c2C)cc(C)c1F. The van der Waals surface area contributed by atoms with Crippen LogP contribution in [-0.4, -0.2) is 58.9 Å². The number of amides is 1. The highest BCUT2D eigenvalue weighted by molar-refractivity contribution is 9.10. The van der Waals surface area contributed by atoms with Gasteiger partial charge in [0.15, 0.2) is 0 Å². The number of aryl methyl sites for hydroxylation is 2. The molecule has 4 aromatic rings. The zero-order chi connectivity index (χ0) is 39.6. The molecule has 1 aliphatic rings. The van der Waals surface area contributed by atoms with E-state index in [9.17, 15) is 37.1 Å². The molecule has 1 aliphatic heterocycles. The predicted molar refractivity (Wildman–Crippen MR) is 193 cm³/mol. The third kappa shape index (κ3) is 8.84. The molecular formula is C39H38BrF6N3O5. The molecule has 288 valence electrons. The van der Waals surface area contributed by atoms with E-state index in [2.05, 4.69) is 21.2 Å². The van der Waals surface area contributed by atoms with E-state index >= 15 is 8.78 Å². The number of benzene rings is 3. The summed E-state index contributed by atoms with van der Waals surface area (Å²) in [6.45, 7) is 6.57. The van der Waals surface area contributed by atoms with Gasteiger partial charge in [0, 0.05) is 53.1 Å². The quantitative estimate of drug-likeness (QED) is 0.112. The van der Waals surface area contributed by atoms with Gasteiger partial charge >= 0.3 is 12.1 Å². The minimum absolute atomic E-state index is 0.0103. The molecule has 3 aromatic carbocycles. The number of nitrogens with one attached hydrogen (secondary N) is 1. The van der Waals surface area contributed by atoms with Crippen LogP contribution in [0.15, 0.2) is 64.0 Å². The molecule has 2 atom stereocenters. The normalized spacial score (nSPS) is 14.7. The fraction of sp³-hybridized carbons (Fsp3) is 0.359. The first kappa shape index (κ1) is 40.6. The lowest BCUT2D eigenvalue weighted by atomic mass is 9.90. The second-order valence-electron chi connectivity index (χ2n) is 13.3. The van der Waals surface area contributed by atoms with E-state index < -0.39 is 76.6 Å². The summed E-state index contributed by atoms with van der Waals surface area (Å²) in [5.74, 6) is -3.92. The Bertz CT molecular complexity index is 2130. The number of esters is 1. The van der Waals surface area contributed by atoms with Gasteiger partial charge in [0.2, 0.25) is 5.91 Å². The van der Waals surface area contributed by atoms with Gasteiger partial charge < -0.3 is 15.2 Å². The van der Waals surface area contributed by atoms with Crippen LogP contribution >= 0.6 is 15.9 Å². The van der Waals surface area contributed by atoms with E-state index in [1.165, 1.54) is 37.3 Å². The summed E-state index contributed by atoms with van der Waals surface area (Å²) in [6, 6.07) is 6.35. The molecule has 0 bridgehead atoms. The molecule has 2 N–H and O–H groups in total. The Morgan fingerprint density at radius 3 is 2.37 bits per heavy atom. The molecular weight excluding hydrogens is 784 g/mol. The molecule has 1 saturated heterocycles. The minimum atomic E-state index is -4.97. The number of ether oxygens (including phenoxy) is 1. The molecule has 0 saturated carbocycles. The predicted octanol–water partition coefficient (Wildman–Crippen LogP) is 7.80. The second-order valence-corrected chi connectivity index (χ2v) is 14.2. The van der Waals surface area contributed by atoms with Crippen LogP contribution in [0.3, 0.4) is 0 Å². The second kappa shape index (κ2) is 16.4. The molecule has 0 spiro atoms. The number of hydrogen-bond donors (Lipinski definition) is 2. The summed E-state index contributed by atoms with van der Waals surface area (Å²) < 4.78 is 94.0. The van der Waals surface area contributed by atoms with E-state index in [0.717, 1.165) is 17.8 Å². The average molecular weight is 823 g/mol. The number of hydrogen-bond acceptors (Lipinski definition) is 6. The number of alkyl halides is 4. The van der Waals surface area contributed by atoms with Crippen LogP contribution in [0.25, 0.3) is 11.1 Å².